The highest BCUT2D eigenvalue weighted by Gasteiger charge is 2.21. The van der Waals surface area contributed by atoms with Crippen molar-refractivity contribution in [2.24, 2.45) is 5.73 Å². The summed E-state index contributed by atoms with van der Waals surface area (Å²) in [6.45, 7) is 0.486. The van der Waals surface area contributed by atoms with E-state index in [-0.39, 0.29) is 6.04 Å². The molecule has 0 saturated carbocycles. The second kappa shape index (κ2) is 4.73. The van der Waals surface area contributed by atoms with Gasteiger partial charge in [0.15, 0.2) is 0 Å². The summed E-state index contributed by atoms with van der Waals surface area (Å²) in [5, 5.41) is 3.04. The maximum Gasteiger partial charge on any atom is 0.116 e. The first-order valence-corrected chi connectivity index (χ1v) is 5.89. The summed E-state index contributed by atoms with van der Waals surface area (Å²) in [6.07, 6.45) is 3.51. The van der Waals surface area contributed by atoms with Crippen molar-refractivity contribution in [2.75, 3.05) is 14.1 Å². The van der Waals surface area contributed by atoms with Crippen molar-refractivity contribution in [1.29, 1.82) is 0 Å². The third-order valence-electron chi connectivity index (χ3n) is 2.34. The van der Waals surface area contributed by atoms with E-state index in [1.165, 1.54) is 0 Å². The number of imidazole rings is 1. The van der Waals surface area contributed by atoms with Crippen LogP contribution in [0.2, 0.25) is 0 Å². The minimum Gasteiger partial charge on any atom is -0.347 e. The summed E-state index contributed by atoms with van der Waals surface area (Å²) in [5.41, 5.74) is 7.55. The Kier molecular flexibility index (Phi) is 3.33. The van der Waals surface area contributed by atoms with Crippen molar-refractivity contribution in [3.05, 3.63) is 34.3 Å². The van der Waals surface area contributed by atoms with Gasteiger partial charge in [0.2, 0.25) is 0 Å². The molecule has 0 aromatic carbocycles. The SMILES string of the molecule is CN(C)C(c1cnc[nH]1)c1nc(CN)cs1. The third kappa shape index (κ3) is 2.13. The van der Waals surface area contributed by atoms with Crippen molar-refractivity contribution in [1.82, 2.24) is 19.9 Å². The third-order valence-corrected chi connectivity index (χ3v) is 3.29. The zero-order valence-electron chi connectivity index (χ0n) is 9.34. The predicted octanol–water partition coefficient (Wildman–Crippen LogP) is 0.976. The number of hydrogen-bond donors (Lipinski definition) is 2. The number of aromatic nitrogens is 3. The lowest BCUT2D eigenvalue weighted by molar-refractivity contribution is 0.336. The molecule has 1 unspecified atom stereocenters. The van der Waals surface area contributed by atoms with Crippen LogP contribution in [-0.4, -0.2) is 33.9 Å². The largest absolute Gasteiger partial charge is 0.347 e. The summed E-state index contributed by atoms with van der Waals surface area (Å²) in [7, 11) is 4.05. The highest BCUT2D eigenvalue weighted by atomic mass is 32.1. The van der Waals surface area contributed by atoms with E-state index in [9.17, 15) is 0 Å². The van der Waals surface area contributed by atoms with Crippen molar-refractivity contribution in [2.45, 2.75) is 12.6 Å². The van der Waals surface area contributed by atoms with Crippen LogP contribution in [0.15, 0.2) is 17.9 Å². The Balaban J connectivity index is 2.33. The van der Waals surface area contributed by atoms with Crippen LogP contribution in [0.1, 0.15) is 22.4 Å². The number of H-pyrrole nitrogens is 1. The molecule has 5 nitrogen and oxygen atoms in total. The maximum absolute atomic E-state index is 5.57. The first-order valence-electron chi connectivity index (χ1n) is 5.01. The van der Waals surface area contributed by atoms with Crippen LogP contribution in [0.5, 0.6) is 0 Å². The molecule has 2 rings (SSSR count). The van der Waals surface area contributed by atoms with Crippen LogP contribution in [0, 0.1) is 0 Å². The fraction of sp³-hybridized carbons (Fsp3) is 0.400. The van der Waals surface area contributed by atoms with Gasteiger partial charge in [0.05, 0.1) is 17.7 Å². The Morgan fingerprint density at radius 1 is 1.56 bits per heavy atom. The van der Waals surface area contributed by atoms with E-state index in [2.05, 4.69) is 19.9 Å². The van der Waals surface area contributed by atoms with E-state index >= 15 is 0 Å². The van der Waals surface area contributed by atoms with E-state index in [1.807, 2.05) is 25.7 Å². The van der Waals surface area contributed by atoms with Gasteiger partial charge in [0.25, 0.3) is 0 Å². The highest BCUT2D eigenvalue weighted by Crippen LogP contribution is 2.27. The van der Waals surface area contributed by atoms with Gasteiger partial charge in [-0.05, 0) is 14.1 Å². The van der Waals surface area contributed by atoms with E-state index < -0.39 is 0 Å². The van der Waals surface area contributed by atoms with Crippen LogP contribution in [0.3, 0.4) is 0 Å². The normalized spacial score (nSPS) is 13.2. The summed E-state index contributed by atoms with van der Waals surface area (Å²) >= 11 is 1.63. The van der Waals surface area contributed by atoms with Crippen molar-refractivity contribution in [3.8, 4) is 0 Å². The maximum atomic E-state index is 5.57. The minimum absolute atomic E-state index is 0.118. The molecule has 0 amide bonds. The van der Waals surface area contributed by atoms with Crippen molar-refractivity contribution < 1.29 is 0 Å². The Labute approximate surface area is 98.3 Å². The van der Waals surface area contributed by atoms with Crippen LogP contribution in [0.4, 0.5) is 0 Å². The summed E-state index contributed by atoms with van der Waals surface area (Å²) in [4.78, 5) is 13.8. The fourth-order valence-corrected chi connectivity index (χ4v) is 2.63. The smallest absolute Gasteiger partial charge is 0.116 e. The van der Waals surface area contributed by atoms with Crippen molar-refractivity contribution in [3.63, 3.8) is 0 Å². The number of aromatic amines is 1. The molecule has 3 N–H and O–H groups in total. The average Bonchev–Trinajstić information content (AvgIpc) is 2.88. The standard InChI is InChI=1S/C10H15N5S/c1-15(2)9(8-4-12-6-13-8)10-14-7(3-11)5-16-10/h4-6,9H,3,11H2,1-2H3,(H,12,13). The van der Waals surface area contributed by atoms with Gasteiger partial charge in [0, 0.05) is 18.1 Å². The van der Waals surface area contributed by atoms with Crippen LogP contribution in [0.25, 0.3) is 0 Å². The Hall–Kier alpha value is -1.24. The fourth-order valence-electron chi connectivity index (χ4n) is 1.59. The van der Waals surface area contributed by atoms with Crippen molar-refractivity contribution >= 4 is 11.3 Å². The molecule has 16 heavy (non-hydrogen) atoms. The molecule has 0 saturated heterocycles. The molecule has 0 radical (unpaired) electrons. The number of nitrogens with one attached hydrogen (secondary N) is 1. The first kappa shape index (κ1) is 11.3. The van der Waals surface area contributed by atoms with Gasteiger partial charge < -0.3 is 10.7 Å². The minimum atomic E-state index is 0.118. The molecule has 0 aliphatic rings. The number of hydrogen-bond acceptors (Lipinski definition) is 5. The lowest BCUT2D eigenvalue weighted by Gasteiger charge is -2.20. The molecule has 0 aliphatic heterocycles. The number of rotatable bonds is 4. The van der Waals surface area contributed by atoms with E-state index in [0.717, 1.165) is 16.4 Å². The van der Waals surface area contributed by atoms with Gasteiger partial charge in [-0.3, -0.25) is 4.90 Å². The molecule has 86 valence electrons. The molecule has 2 heterocycles. The van der Waals surface area contributed by atoms with Crippen LogP contribution in [-0.2, 0) is 6.54 Å². The van der Waals surface area contributed by atoms with Gasteiger partial charge in [-0.1, -0.05) is 0 Å². The molecule has 0 fully saturated rings. The molecular formula is C10H15N5S. The molecule has 2 aromatic rings. The summed E-state index contributed by atoms with van der Waals surface area (Å²) < 4.78 is 0. The highest BCUT2D eigenvalue weighted by molar-refractivity contribution is 7.09. The lowest BCUT2D eigenvalue weighted by Crippen LogP contribution is -2.21. The molecule has 0 spiro atoms. The van der Waals surface area contributed by atoms with Gasteiger partial charge in [0.1, 0.15) is 11.0 Å². The molecular weight excluding hydrogens is 222 g/mol. The van der Waals surface area contributed by atoms with E-state index in [0.29, 0.717) is 6.54 Å². The summed E-state index contributed by atoms with van der Waals surface area (Å²) in [6, 6.07) is 0.118. The van der Waals surface area contributed by atoms with Gasteiger partial charge in [-0.2, -0.15) is 0 Å². The van der Waals surface area contributed by atoms with Crippen LogP contribution < -0.4 is 5.73 Å². The van der Waals surface area contributed by atoms with E-state index in [4.69, 9.17) is 5.73 Å². The second-order valence-corrected chi connectivity index (χ2v) is 4.64. The topological polar surface area (TPSA) is 70.8 Å². The van der Waals surface area contributed by atoms with Gasteiger partial charge in [-0.15, -0.1) is 11.3 Å². The number of nitrogens with zero attached hydrogens (tertiary/aromatic N) is 3. The lowest BCUT2D eigenvalue weighted by atomic mass is 10.2. The average molecular weight is 237 g/mol. The number of nitrogens with two attached hydrogens (primary N) is 1. The molecule has 2 aromatic heterocycles. The quantitative estimate of drug-likeness (QED) is 0.831. The Morgan fingerprint density at radius 2 is 2.38 bits per heavy atom. The zero-order valence-corrected chi connectivity index (χ0v) is 10.2. The molecule has 6 heteroatoms. The monoisotopic (exact) mass is 237 g/mol. The number of thiazole rings is 1. The molecule has 0 aliphatic carbocycles. The second-order valence-electron chi connectivity index (χ2n) is 3.75. The Bertz CT molecular complexity index is 434. The molecule has 1 atom stereocenters. The van der Waals surface area contributed by atoms with Gasteiger partial charge in [-0.25, -0.2) is 9.97 Å². The predicted molar refractivity (Wildman–Crippen MR) is 64.1 cm³/mol. The zero-order chi connectivity index (χ0) is 11.5. The van der Waals surface area contributed by atoms with Crippen LogP contribution >= 0.6 is 11.3 Å². The van der Waals surface area contributed by atoms with E-state index in [1.54, 1.807) is 17.7 Å². The van der Waals surface area contributed by atoms with Gasteiger partial charge >= 0.3 is 0 Å². The first-order chi connectivity index (χ1) is 7.72. The molecule has 0 bridgehead atoms. The Morgan fingerprint density at radius 3 is 2.88 bits per heavy atom. The summed E-state index contributed by atoms with van der Waals surface area (Å²) in [5.74, 6) is 0.